The SMILES string of the molecule is Nc1ccc(C(=O)Nc2ccon2)cc1[N+](=O)[O-]. The number of nitrogens with two attached hydrogens (primary N) is 1. The van der Waals surface area contributed by atoms with Gasteiger partial charge in [-0.25, -0.2) is 0 Å². The largest absolute Gasteiger partial charge is 0.393 e. The van der Waals surface area contributed by atoms with Gasteiger partial charge >= 0.3 is 0 Å². The number of hydrogen-bond donors (Lipinski definition) is 2. The first-order valence-electron chi connectivity index (χ1n) is 4.83. The molecule has 8 nitrogen and oxygen atoms in total. The Kier molecular flexibility index (Phi) is 2.92. The first kappa shape index (κ1) is 11.6. The maximum atomic E-state index is 11.7. The summed E-state index contributed by atoms with van der Waals surface area (Å²) in [5, 5.41) is 16.6. The van der Waals surface area contributed by atoms with Crippen molar-refractivity contribution in [2.45, 2.75) is 0 Å². The van der Waals surface area contributed by atoms with Crippen molar-refractivity contribution in [3.8, 4) is 0 Å². The van der Waals surface area contributed by atoms with Crippen LogP contribution in [0.1, 0.15) is 10.4 Å². The molecule has 92 valence electrons. The number of carbonyl (C=O) groups excluding carboxylic acids is 1. The highest BCUT2D eigenvalue weighted by atomic mass is 16.6. The fourth-order valence-corrected chi connectivity index (χ4v) is 1.31. The Morgan fingerprint density at radius 3 is 2.83 bits per heavy atom. The molecule has 0 unspecified atom stereocenters. The summed E-state index contributed by atoms with van der Waals surface area (Å²) < 4.78 is 4.54. The minimum atomic E-state index is -0.651. The van der Waals surface area contributed by atoms with E-state index in [2.05, 4.69) is 15.0 Å². The van der Waals surface area contributed by atoms with Gasteiger partial charge in [0.1, 0.15) is 12.0 Å². The van der Waals surface area contributed by atoms with Crippen molar-refractivity contribution in [2.24, 2.45) is 0 Å². The second kappa shape index (κ2) is 4.53. The first-order chi connectivity index (χ1) is 8.58. The lowest BCUT2D eigenvalue weighted by Crippen LogP contribution is -2.12. The molecule has 0 saturated heterocycles. The van der Waals surface area contributed by atoms with Gasteiger partial charge in [-0.2, -0.15) is 0 Å². The fraction of sp³-hybridized carbons (Fsp3) is 0. The Morgan fingerprint density at radius 2 is 2.22 bits per heavy atom. The van der Waals surface area contributed by atoms with Gasteiger partial charge in [0.05, 0.1) is 4.92 Å². The summed E-state index contributed by atoms with van der Waals surface area (Å²) >= 11 is 0. The number of nitrogens with one attached hydrogen (secondary N) is 1. The molecule has 8 heteroatoms. The van der Waals surface area contributed by atoms with E-state index in [0.717, 1.165) is 6.07 Å². The van der Waals surface area contributed by atoms with Crippen LogP contribution in [0, 0.1) is 10.1 Å². The molecule has 1 aromatic carbocycles. The predicted molar refractivity (Wildman–Crippen MR) is 62.0 cm³/mol. The van der Waals surface area contributed by atoms with E-state index in [1.165, 1.54) is 24.5 Å². The fourth-order valence-electron chi connectivity index (χ4n) is 1.31. The minimum absolute atomic E-state index is 0.00186. The Labute approximate surface area is 101 Å². The van der Waals surface area contributed by atoms with Crippen LogP contribution in [0.15, 0.2) is 35.1 Å². The minimum Gasteiger partial charge on any atom is -0.393 e. The van der Waals surface area contributed by atoms with E-state index in [-0.39, 0.29) is 22.8 Å². The van der Waals surface area contributed by atoms with Gasteiger partial charge in [0.2, 0.25) is 0 Å². The summed E-state index contributed by atoms with van der Waals surface area (Å²) in [5.74, 6) is -0.313. The number of nitrogens with zero attached hydrogens (tertiary/aromatic N) is 2. The Balaban J connectivity index is 2.26. The Hall–Kier alpha value is -2.90. The maximum absolute atomic E-state index is 11.7. The van der Waals surface area contributed by atoms with Gasteiger partial charge in [-0.05, 0) is 12.1 Å². The highest BCUT2D eigenvalue weighted by Gasteiger charge is 2.16. The van der Waals surface area contributed by atoms with E-state index in [1.54, 1.807) is 0 Å². The van der Waals surface area contributed by atoms with Crippen LogP contribution in [0.2, 0.25) is 0 Å². The van der Waals surface area contributed by atoms with E-state index in [4.69, 9.17) is 5.73 Å². The van der Waals surface area contributed by atoms with Gasteiger partial charge in [0, 0.05) is 17.7 Å². The molecule has 1 amide bonds. The lowest BCUT2D eigenvalue weighted by Gasteiger charge is -2.02. The average Bonchev–Trinajstić information content (AvgIpc) is 2.81. The zero-order chi connectivity index (χ0) is 13.1. The van der Waals surface area contributed by atoms with Gasteiger partial charge in [-0.15, -0.1) is 0 Å². The van der Waals surface area contributed by atoms with Gasteiger partial charge in [0.25, 0.3) is 11.6 Å². The summed E-state index contributed by atoms with van der Waals surface area (Å²) in [6, 6.07) is 5.24. The molecule has 0 aliphatic carbocycles. The molecule has 0 bridgehead atoms. The smallest absolute Gasteiger partial charge is 0.292 e. The third-order valence-electron chi connectivity index (χ3n) is 2.17. The highest BCUT2D eigenvalue weighted by Crippen LogP contribution is 2.22. The second-order valence-corrected chi connectivity index (χ2v) is 3.37. The van der Waals surface area contributed by atoms with Crippen molar-refractivity contribution in [3.63, 3.8) is 0 Å². The molecule has 0 aliphatic heterocycles. The first-order valence-corrected chi connectivity index (χ1v) is 4.83. The lowest BCUT2D eigenvalue weighted by molar-refractivity contribution is -0.383. The molecule has 0 atom stereocenters. The number of benzene rings is 1. The summed E-state index contributed by atoms with van der Waals surface area (Å²) in [7, 11) is 0. The number of nitro groups is 1. The number of carbonyl (C=O) groups is 1. The van der Waals surface area contributed by atoms with Crippen molar-refractivity contribution >= 4 is 23.1 Å². The lowest BCUT2D eigenvalue weighted by atomic mass is 10.1. The number of aromatic nitrogens is 1. The van der Waals surface area contributed by atoms with Crippen LogP contribution < -0.4 is 11.1 Å². The zero-order valence-electron chi connectivity index (χ0n) is 8.99. The zero-order valence-corrected chi connectivity index (χ0v) is 8.99. The molecule has 3 N–H and O–H groups in total. The molecule has 18 heavy (non-hydrogen) atoms. The van der Waals surface area contributed by atoms with E-state index >= 15 is 0 Å². The molecule has 1 aromatic heterocycles. The average molecular weight is 248 g/mol. The van der Waals surface area contributed by atoms with Crippen LogP contribution in [-0.4, -0.2) is 16.0 Å². The summed E-state index contributed by atoms with van der Waals surface area (Å²) in [4.78, 5) is 21.8. The van der Waals surface area contributed by atoms with Crippen molar-refractivity contribution in [2.75, 3.05) is 11.1 Å². The van der Waals surface area contributed by atoms with Crippen LogP contribution in [0.4, 0.5) is 17.2 Å². The van der Waals surface area contributed by atoms with Crippen molar-refractivity contribution in [3.05, 3.63) is 46.2 Å². The highest BCUT2D eigenvalue weighted by molar-refractivity contribution is 6.04. The molecule has 1 heterocycles. The number of nitro benzene ring substituents is 1. The number of nitrogen functional groups attached to an aromatic ring is 1. The van der Waals surface area contributed by atoms with Crippen molar-refractivity contribution in [1.29, 1.82) is 0 Å². The monoisotopic (exact) mass is 248 g/mol. The molecular weight excluding hydrogens is 240 g/mol. The standard InChI is InChI=1S/C10H8N4O4/c11-7-2-1-6(5-8(7)14(16)17)10(15)12-9-3-4-18-13-9/h1-5H,11H2,(H,12,13,15). The molecule has 2 aromatic rings. The normalized spacial score (nSPS) is 10.0. The molecule has 0 aliphatic rings. The second-order valence-electron chi connectivity index (χ2n) is 3.37. The van der Waals surface area contributed by atoms with Gasteiger partial charge < -0.3 is 15.6 Å². The number of amides is 1. The summed E-state index contributed by atoms with van der Waals surface area (Å²) in [5.41, 5.74) is 5.22. The van der Waals surface area contributed by atoms with Gasteiger partial charge in [-0.3, -0.25) is 14.9 Å². The van der Waals surface area contributed by atoms with Gasteiger partial charge in [-0.1, -0.05) is 5.16 Å². The molecule has 2 rings (SSSR count). The summed E-state index contributed by atoms with van der Waals surface area (Å²) in [6.45, 7) is 0. The van der Waals surface area contributed by atoms with E-state index in [9.17, 15) is 14.9 Å². The molecule has 0 radical (unpaired) electrons. The van der Waals surface area contributed by atoms with E-state index < -0.39 is 10.8 Å². The molecule has 0 spiro atoms. The van der Waals surface area contributed by atoms with E-state index in [1.807, 2.05) is 0 Å². The topological polar surface area (TPSA) is 124 Å². The van der Waals surface area contributed by atoms with Crippen LogP contribution in [0.5, 0.6) is 0 Å². The van der Waals surface area contributed by atoms with Crippen LogP contribution in [0.3, 0.4) is 0 Å². The number of hydrogen-bond acceptors (Lipinski definition) is 6. The molecule has 0 saturated carbocycles. The number of rotatable bonds is 3. The molecule has 0 fully saturated rings. The predicted octanol–water partition coefficient (Wildman–Crippen LogP) is 1.42. The van der Waals surface area contributed by atoms with Gasteiger partial charge in [0.15, 0.2) is 5.82 Å². The summed E-state index contributed by atoms with van der Waals surface area (Å²) in [6.07, 6.45) is 1.29. The quantitative estimate of drug-likeness (QED) is 0.480. The Morgan fingerprint density at radius 1 is 1.44 bits per heavy atom. The maximum Gasteiger partial charge on any atom is 0.292 e. The number of anilines is 2. The third-order valence-corrected chi connectivity index (χ3v) is 2.17. The van der Waals surface area contributed by atoms with E-state index in [0.29, 0.717) is 0 Å². The van der Waals surface area contributed by atoms with Crippen molar-refractivity contribution in [1.82, 2.24) is 5.16 Å². The van der Waals surface area contributed by atoms with Crippen LogP contribution >= 0.6 is 0 Å². The molecular formula is C10H8N4O4. The third kappa shape index (κ3) is 2.26. The van der Waals surface area contributed by atoms with Crippen LogP contribution in [-0.2, 0) is 0 Å². The van der Waals surface area contributed by atoms with Crippen molar-refractivity contribution < 1.29 is 14.2 Å². The van der Waals surface area contributed by atoms with Crippen LogP contribution in [0.25, 0.3) is 0 Å². The Bertz CT molecular complexity index is 594.